The third-order valence-electron chi connectivity index (χ3n) is 2.19. The van der Waals surface area contributed by atoms with Crippen LogP contribution in [0.3, 0.4) is 0 Å². The zero-order valence-electron chi connectivity index (χ0n) is 7.27. The summed E-state index contributed by atoms with van der Waals surface area (Å²) in [6.07, 6.45) is -1.52. The fourth-order valence-electron chi connectivity index (χ4n) is 1.43. The molecule has 1 heterocycles. The number of carbonyl (C=O) groups is 1. The minimum Gasteiger partial charge on any atom is -0.465 e. The predicted octanol–water partition coefficient (Wildman–Crippen LogP) is -0.729. The molecule has 1 fully saturated rings. The van der Waals surface area contributed by atoms with Gasteiger partial charge in [-0.15, -0.1) is 0 Å². The second kappa shape index (κ2) is 3.28. The van der Waals surface area contributed by atoms with Crippen molar-refractivity contribution in [2.24, 2.45) is 0 Å². The molecule has 0 aromatic carbocycles. The molecule has 1 saturated heterocycles. The predicted molar refractivity (Wildman–Crippen MR) is 43.1 cm³/mol. The molecule has 70 valence electrons. The molecule has 0 radical (unpaired) electrons. The van der Waals surface area contributed by atoms with Gasteiger partial charge in [0.1, 0.15) is 0 Å². The number of hydrogen-bond donors (Lipinski definition) is 2. The maximum atomic E-state index is 10.5. The van der Waals surface area contributed by atoms with Crippen LogP contribution in [0.5, 0.6) is 0 Å². The van der Waals surface area contributed by atoms with E-state index >= 15 is 0 Å². The van der Waals surface area contributed by atoms with E-state index in [-0.39, 0.29) is 12.6 Å². The van der Waals surface area contributed by atoms with Gasteiger partial charge in [0, 0.05) is 6.54 Å². The summed E-state index contributed by atoms with van der Waals surface area (Å²) in [5.74, 6) is 0. The van der Waals surface area contributed by atoms with Gasteiger partial charge in [0.25, 0.3) is 0 Å². The summed E-state index contributed by atoms with van der Waals surface area (Å²) in [6.45, 7) is 0.613. The van der Waals surface area contributed by atoms with Crippen LogP contribution in [0.4, 0.5) is 4.79 Å². The normalized spacial score (nSPS) is 29.8. The third kappa shape index (κ3) is 1.67. The highest BCUT2D eigenvalue weighted by atomic mass is 16.4. The minimum atomic E-state index is -0.960. The van der Waals surface area contributed by atoms with Crippen LogP contribution in [0.15, 0.2) is 0 Å². The van der Waals surface area contributed by atoms with E-state index in [2.05, 4.69) is 0 Å². The second-order valence-electron chi connectivity index (χ2n) is 3.29. The Balaban J connectivity index is 2.56. The largest absolute Gasteiger partial charge is 0.465 e. The average molecular weight is 174 g/mol. The standard InChI is InChI=1S/C7H14N2O3/c1-8(2)5-3-9(7(11)12)4-6(5)10/h5-6,10H,3-4H2,1-2H3,(H,11,12). The molecule has 5 nitrogen and oxygen atoms in total. The van der Waals surface area contributed by atoms with E-state index in [1.54, 1.807) is 0 Å². The Morgan fingerprint density at radius 3 is 2.33 bits per heavy atom. The van der Waals surface area contributed by atoms with E-state index in [9.17, 15) is 9.90 Å². The van der Waals surface area contributed by atoms with Crippen molar-refractivity contribution in [1.82, 2.24) is 9.80 Å². The smallest absolute Gasteiger partial charge is 0.407 e. The number of rotatable bonds is 1. The average Bonchev–Trinajstić information content (AvgIpc) is 2.30. The van der Waals surface area contributed by atoms with Gasteiger partial charge in [0.15, 0.2) is 0 Å². The number of nitrogens with zero attached hydrogens (tertiary/aromatic N) is 2. The summed E-state index contributed by atoms with van der Waals surface area (Å²) < 4.78 is 0. The number of amides is 1. The van der Waals surface area contributed by atoms with Gasteiger partial charge in [-0.1, -0.05) is 0 Å². The Labute approximate surface area is 71.2 Å². The number of likely N-dealkylation sites (tertiary alicyclic amines) is 1. The van der Waals surface area contributed by atoms with Crippen LogP contribution >= 0.6 is 0 Å². The van der Waals surface area contributed by atoms with E-state index in [4.69, 9.17) is 5.11 Å². The highest BCUT2D eigenvalue weighted by molar-refractivity contribution is 5.65. The van der Waals surface area contributed by atoms with E-state index in [1.807, 2.05) is 19.0 Å². The lowest BCUT2D eigenvalue weighted by atomic mass is 10.2. The zero-order valence-corrected chi connectivity index (χ0v) is 7.27. The van der Waals surface area contributed by atoms with Gasteiger partial charge in [0.2, 0.25) is 0 Å². The number of hydrogen-bond acceptors (Lipinski definition) is 3. The molecule has 1 aliphatic heterocycles. The molecule has 0 spiro atoms. The lowest BCUT2D eigenvalue weighted by Crippen LogP contribution is -2.38. The van der Waals surface area contributed by atoms with Crippen LogP contribution in [0, 0.1) is 0 Å². The number of likely N-dealkylation sites (N-methyl/N-ethyl adjacent to an activating group) is 1. The molecule has 0 aliphatic carbocycles. The highest BCUT2D eigenvalue weighted by Gasteiger charge is 2.34. The molecular formula is C7H14N2O3. The Hall–Kier alpha value is -0.810. The molecule has 0 saturated carbocycles. The van der Waals surface area contributed by atoms with Gasteiger partial charge in [-0.3, -0.25) is 0 Å². The third-order valence-corrected chi connectivity index (χ3v) is 2.19. The van der Waals surface area contributed by atoms with E-state index in [0.29, 0.717) is 6.54 Å². The summed E-state index contributed by atoms with van der Waals surface area (Å²) in [6, 6.07) is -0.0684. The first-order chi connectivity index (χ1) is 5.52. The number of β-amino-alcohol motifs (C(OH)–C–C–N with tert-alkyl or cyclic N) is 1. The fourth-order valence-corrected chi connectivity index (χ4v) is 1.43. The van der Waals surface area contributed by atoms with Crippen LogP contribution in [0.1, 0.15) is 0 Å². The first-order valence-electron chi connectivity index (χ1n) is 3.84. The first kappa shape index (κ1) is 9.28. The van der Waals surface area contributed by atoms with Gasteiger partial charge in [-0.05, 0) is 14.1 Å². The molecule has 2 atom stereocenters. The molecule has 0 aromatic rings. The summed E-state index contributed by atoms with van der Waals surface area (Å²) in [5.41, 5.74) is 0. The molecule has 2 N–H and O–H groups in total. The summed E-state index contributed by atoms with van der Waals surface area (Å²) in [4.78, 5) is 13.6. The van der Waals surface area contributed by atoms with Crippen molar-refractivity contribution < 1.29 is 15.0 Å². The van der Waals surface area contributed by atoms with Gasteiger partial charge in [0.05, 0.1) is 18.7 Å². The van der Waals surface area contributed by atoms with Crippen LogP contribution in [-0.4, -0.2) is 65.4 Å². The molecule has 1 aliphatic rings. The van der Waals surface area contributed by atoms with Crippen molar-refractivity contribution in [2.75, 3.05) is 27.2 Å². The van der Waals surface area contributed by atoms with E-state index < -0.39 is 12.2 Å². The lowest BCUT2D eigenvalue weighted by molar-refractivity contribution is 0.111. The molecule has 0 bridgehead atoms. The Kier molecular flexibility index (Phi) is 2.54. The highest BCUT2D eigenvalue weighted by Crippen LogP contribution is 2.13. The van der Waals surface area contributed by atoms with Crippen LogP contribution in [0.25, 0.3) is 0 Å². The van der Waals surface area contributed by atoms with Gasteiger partial charge in [-0.2, -0.15) is 0 Å². The van der Waals surface area contributed by atoms with Crippen molar-refractivity contribution in [2.45, 2.75) is 12.1 Å². The van der Waals surface area contributed by atoms with Crippen LogP contribution in [-0.2, 0) is 0 Å². The van der Waals surface area contributed by atoms with Gasteiger partial charge in [-0.25, -0.2) is 4.79 Å². The molecule has 1 amide bonds. The monoisotopic (exact) mass is 174 g/mol. The number of aliphatic hydroxyl groups excluding tert-OH is 1. The van der Waals surface area contributed by atoms with E-state index in [1.165, 1.54) is 4.90 Å². The van der Waals surface area contributed by atoms with Crippen molar-refractivity contribution in [3.8, 4) is 0 Å². The maximum absolute atomic E-state index is 10.5. The maximum Gasteiger partial charge on any atom is 0.407 e. The Bertz CT molecular complexity index is 183. The van der Waals surface area contributed by atoms with Crippen molar-refractivity contribution in [3.05, 3.63) is 0 Å². The second-order valence-corrected chi connectivity index (χ2v) is 3.29. The quantitative estimate of drug-likeness (QED) is 0.550. The first-order valence-corrected chi connectivity index (χ1v) is 3.84. The molecular weight excluding hydrogens is 160 g/mol. The summed E-state index contributed by atoms with van der Waals surface area (Å²) in [5, 5.41) is 18.1. The zero-order chi connectivity index (χ0) is 9.30. The van der Waals surface area contributed by atoms with Gasteiger partial charge < -0.3 is 20.0 Å². The summed E-state index contributed by atoms with van der Waals surface area (Å²) in [7, 11) is 3.67. The Morgan fingerprint density at radius 2 is 2.08 bits per heavy atom. The van der Waals surface area contributed by atoms with E-state index in [0.717, 1.165) is 0 Å². The lowest BCUT2D eigenvalue weighted by Gasteiger charge is -2.20. The topological polar surface area (TPSA) is 64.0 Å². The molecule has 0 aromatic heterocycles. The molecule has 1 rings (SSSR count). The number of aliphatic hydroxyl groups is 1. The fraction of sp³-hybridized carbons (Fsp3) is 0.857. The minimum absolute atomic E-state index is 0.0684. The van der Waals surface area contributed by atoms with Crippen LogP contribution < -0.4 is 0 Å². The van der Waals surface area contributed by atoms with Crippen molar-refractivity contribution >= 4 is 6.09 Å². The molecule has 12 heavy (non-hydrogen) atoms. The van der Waals surface area contributed by atoms with Gasteiger partial charge >= 0.3 is 6.09 Å². The van der Waals surface area contributed by atoms with Crippen molar-refractivity contribution in [1.29, 1.82) is 0 Å². The molecule has 2 unspecified atom stereocenters. The summed E-state index contributed by atoms with van der Waals surface area (Å²) >= 11 is 0. The SMILES string of the molecule is CN(C)C1CN(C(=O)O)CC1O. The van der Waals surface area contributed by atoms with Crippen LogP contribution in [0.2, 0.25) is 0 Å². The number of carboxylic acid groups (broad SMARTS) is 1. The Morgan fingerprint density at radius 1 is 1.50 bits per heavy atom. The molecule has 5 heteroatoms. The van der Waals surface area contributed by atoms with Crippen molar-refractivity contribution in [3.63, 3.8) is 0 Å².